The van der Waals surface area contributed by atoms with Gasteiger partial charge < -0.3 is 15.0 Å². The minimum Gasteiger partial charge on any atom is -0.469 e. The van der Waals surface area contributed by atoms with Gasteiger partial charge in [0.2, 0.25) is 0 Å². The Labute approximate surface area is 92.0 Å². The standard InChI is InChI=1S/C11H22N2O2/c1-15-11(14)5-3-2-4-8-13-9-6-12-7-10-13/h12H,2-10H2,1H3. The number of nitrogens with zero attached hydrogens (tertiary/aromatic N) is 1. The first kappa shape index (κ1) is 12.5. The van der Waals surface area contributed by atoms with Gasteiger partial charge in [-0.2, -0.15) is 0 Å². The maximum Gasteiger partial charge on any atom is 0.305 e. The molecule has 15 heavy (non-hydrogen) atoms. The second-order valence-corrected chi connectivity index (χ2v) is 3.98. The van der Waals surface area contributed by atoms with Crippen LogP contribution in [-0.4, -0.2) is 50.7 Å². The summed E-state index contributed by atoms with van der Waals surface area (Å²) >= 11 is 0. The molecule has 1 rings (SSSR count). The van der Waals surface area contributed by atoms with Crippen molar-refractivity contribution in [3.05, 3.63) is 0 Å². The zero-order valence-electron chi connectivity index (χ0n) is 9.63. The van der Waals surface area contributed by atoms with Crippen molar-refractivity contribution in [1.82, 2.24) is 10.2 Å². The molecule has 0 unspecified atom stereocenters. The molecule has 1 aliphatic rings. The van der Waals surface area contributed by atoms with Crippen molar-refractivity contribution in [3.8, 4) is 0 Å². The lowest BCUT2D eigenvalue weighted by Crippen LogP contribution is -2.43. The molecule has 0 atom stereocenters. The summed E-state index contributed by atoms with van der Waals surface area (Å²) in [7, 11) is 1.45. The van der Waals surface area contributed by atoms with Crippen LogP contribution in [0.4, 0.5) is 0 Å². The average Bonchev–Trinajstić information content (AvgIpc) is 2.29. The van der Waals surface area contributed by atoms with Gasteiger partial charge in [-0.25, -0.2) is 0 Å². The van der Waals surface area contributed by atoms with E-state index in [1.54, 1.807) is 0 Å². The van der Waals surface area contributed by atoms with Crippen molar-refractivity contribution < 1.29 is 9.53 Å². The lowest BCUT2D eigenvalue weighted by atomic mass is 10.2. The molecule has 4 nitrogen and oxygen atoms in total. The molecule has 1 heterocycles. The van der Waals surface area contributed by atoms with Gasteiger partial charge >= 0.3 is 5.97 Å². The van der Waals surface area contributed by atoms with Crippen LogP contribution in [0, 0.1) is 0 Å². The zero-order valence-corrected chi connectivity index (χ0v) is 9.63. The molecule has 0 radical (unpaired) electrons. The predicted octanol–water partition coefficient (Wildman–Crippen LogP) is 0.625. The van der Waals surface area contributed by atoms with Crippen molar-refractivity contribution in [2.75, 3.05) is 39.8 Å². The Hall–Kier alpha value is -0.610. The number of methoxy groups -OCH3 is 1. The summed E-state index contributed by atoms with van der Waals surface area (Å²) in [5, 5.41) is 3.34. The van der Waals surface area contributed by atoms with Crippen LogP contribution in [0.2, 0.25) is 0 Å². The van der Waals surface area contributed by atoms with Gasteiger partial charge in [0.15, 0.2) is 0 Å². The van der Waals surface area contributed by atoms with Crippen molar-refractivity contribution >= 4 is 5.97 Å². The molecule has 0 aromatic heterocycles. The van der Waals surface area contributed by atoms with Crippen LogP contribution in [0.25, 0.3) is 0 Å². The third-order valence-corrected chi connectivity index (χ3v) is 2.79. The molecule has 4 heteroatoms. The van der Waals surface area contributed by atoms with Gasteiger partial charge in [-0.15, -0.1) is 0 Å². The largest absolute Gasteiger partial charge is 0.469 e. The molecule has 1 aliphatic heterocycles. The maximum atomic E-state index is 10.8. The summed E-state index contributed by atoms with van der Waals surface area (Å²) in [6.07, 6.45) is 3.84. The number of hydrogen-bond acceptors (Lipinski definition) is 4. The molecule has 0 spiro atoms. The molecule has 0 amide bonds. The highest BCUT2D eigenvalue weighted by atomic mass is 16.5. The lowest BCUT2D eigenvalue weighted by molar-refractivity contribution is -0.140. The van der Waals surface area contributed by atoms with E-state index in [0.717, 1.165) is 39.0 Å². The summed E-state index contributed by atoms with van der Waals surface area (Å²) < 4.78 is 4.59. The SMILES string of the molecule is COC(=O)CCCCCN1CCNCC1. The van der Waals surface area contributed by atoms with Crippen LogP contribution in [0.3, 0.4) is 0 Å². The van der Waals surface area contributed by atoms with Gasteiger partial charge in [-0.1, -0.05) is 6.42 Å². The highest BCUT2D eigenvalue weighted by molar-refractivity contribution is 5.68. The van der Waals surface area contributed by atoms with Crippen molar-refractivity contribution in [3.63, 3.8) is 0 Å². The minimum absolute atomic E-state index is 0.0860. The molecule has 88 valence electrons. The molecule has 1 saturated heterocycles. The molecule has 0 aromatic rings. The monoisotopic (exact) mass is 214 g/mol. The molecule has 1 N–H and O–H groups in total. The van der Waals surface area contributed by atoms with Crippen LogP contribution in [0.15, 0.2) is 0 Å². The molecule has 0 aromatic carbocycles. The third kappa shape index (κ3) is 5.74. The maximum absolute atomic E-state index is 10.8. The normalized spacial score (nSPS) is 17.7. The molecule has 0 saturated carbocycles. The first-order chi connectivity index (χ1) is 7.33. The number of carbonyl (C=O) groups excluding carboxylic acids is 1. The molecular weight excluding hydrogens is 192 g/mol. The van der Waals surface area contributed by atoms with Gasteiger partial charge in [0, 0.05) is 32.6 Å². The second kappa shape index (κ2) is 7.65. The third-order valence-electron chi connectivity index (χ3n) is 2.79. The van der Waals surface area contributed by atoms with Gasteiger partial charge in [0.1, 0.15) is 0 Å². The van der Waals surface area contributed by atoms with E-state index in [4.69, 9.17) is 0 Å². The number of hydrogen-bond donors (Lipinski definition) is 1. The first-order valence-corrected chi connectivity index (χ1v) is 5.83. The number of unbranched alkanes of at least 4 members (excludes halogenated alkanes) is 2. The second-order valence-electron chi connectivity index (χ2n) is 3.98. The summed E-state index contributed by atoms with van der Waals surface area (Å²) in [6, 6.07) is 0. The van der Waals surface area contributed by atoms with Crippen LogP contribution in [0.1, 0.15) is 25.7 Å². The fourth-order valence-electron chi connectivity index (χ4n) is 1.82. The Balaban J connectivity index is 1.89. The quantitative estimate of drug-likeness (QED) is 0.520. The number of ether oxygens (including phenoxy) is 1. The zero-order chi connectivity index (χ0) is 10.9. The highest BCUT2D eigenvalue weighted by Gasteiger charge is 2.08. The summed E-state index contributed by atoms with van der Waals surface area (Å²) in [5.74, 6) is -0.0860. The van der Waals surface area contributed by atoms with Crippen LogP contribution in [0.5, 0.6) is 0 Å². The number of esters is 1. The smallest absolute Gasteiger partial charge is 0.305 e. The van der Waals surface area contributed by atoms with Crippen LogP contribution >= 0.6 is 0 Å². The van der Waals surface area contributed by atoms with Crippen molar-refractivity contribution in [2.24, 2.45) is 0 Å². The fourth-order valence-corrected chi connectivity index (χ4v) is 1.82. The number of carbonyl (C=O) groups is 1. The minimum atomic E-state index is -0.0860. The van der Waals surface area contributed by atoms with E-state index < -0.39 is 0 Å². The van der Waals surface area contributed by atoms with Gasteiger partial charge in [0.05, 0.1) is 7.11 Å². The van der Waals surface area contributed by atoms with E-state index in [0.29, 0.717) is 6.42 Å². The van der Waals surface area contributed by atoms with E-state index in [9.17, 15) is 4.79 Å². The summed E-state index contributed by atoms with van der Waals surface area (Å²) in [5.41, 5.74) is 0. The van der Waals surface area contributed by atoms with Crippen LogP contribution < -0.4 is 5.32 Å². The predicted molar refractivity (Wildman–Crippen MR) is 59.8 cm³/mol. The Morgan fingerprint density at radius 1 is 1.27 bits per heavy atom. The first-order valence-electron chi connectivity index (χ1n) is 5.83. The Morgan fingerprint density at radius 2 is 2.00 bits per heavy atom. The topological polar surface area (TPSA) is 41.6 Å². The lowest BCUT2D eigenvalue weighted by Gasteiger charge is -2.26. The summed E-state index contributed by atoms with van der Waals surface area (Å²) in [6.45, 7) is 5.72. The Kier molecular flexibility index (Phi) is 6.36. The van der Waals surface area contributed by atoms with Crippen LogP contribution in [-0.2, 0) is 9.53 Å². The molecule has 0 aliphatic carbocycles. The van der Waals surface area contributed by atoms with Gasteiger partial charge in [-0.05, 0) is 19.4 Å². The van der Waals surface area contributed by atoms with E-state index in [1.807, 2.05) is 0 Å². The van der Waals surface area contributed by atoms with Crippen molar-refractivity contribution in [2.45, 2.75) is 25.7 Å². The number of rotatable bonds is 6. The molecular formula is C11H22N2O2. The molecule has 1 fully saturated rings. The van der Waals surface area contributed by atoms with E-state index in [1.165, 1.54) is 20.1 Å². The number of piperazine rings is 1. The molecule has 0 bridgehead atoms. The summed E-state index contributed by atoms with van der Waals surface area (Å²) in [4.78, 5) is 13.3. The average molecular weight is 214 g/mol. The Bertz CT molecular complexity index is 179. The van der Waals surface area contributed by atoms with Gasteiger partial charge in [0.25, 0.3) is 0 Å². The number of nitrogens with one attached hydrogen (secondary N) is 1. The van der Waals surface area contributed by atoms with Crippen molar-refractivity contribution in [1.29, 1.82) is 0 Å². The highest BCUT2D eigenvalue weighted by Crippen LogP contribution is 2.03. The van der Waals surface area contributed by atoms with E-state index in [2.05, 4.69) is 15.0 Å². The van der Waals surface area contributed by atoms with E-state index in [-0.39, 0.29) is 5.97 Å². The fraction of sp³-hybridized carbons (Fsp3) is 0.909. The van der Waals surface area contributed by atoms with Gasteiger partial charge in [-0.3, -0.25) is 4.79 Å². The van der Waals surface area contributed by atoms with E-state index >= 15 is 0 Å². The Morgan fingerprint density at radius 3 is 2.67 bits per heavy atom.